The molecule has 0 aliphatic carbocycles. The molecule has 1 N–H and O–H groups in total. The van der Waals surface area contributed by atoms with E-state index in [0.29, 0.717) is 0 Å². The minimum absolute atomic E-state index is 0.176. The third kappa shape index (κ3) is 0.756. The standard InChI is InChI=1S/C7H7N3O/c1-10-6-3-8-4-7(11)5(6)2-9-10/h2-4,11H,1H3. The van der Waals surface area contributed by atoms with Gasteiger partial charge in [0, 0.05) is 7.05 Å². The van der Waals surface area contributed by atoms with Gasteiger partial charge in [-0.25, -0.2) is 0 Å². The van der Waals surface area contributed by atoms with Crippen LogP contribution in [0.4, 0.5) is 0 Å². The quantitative estimate of drug-likeness (QED) is 0.599. The molecular weight excluding hydrogens is 142 g/mol. The SMILES string of the molecule is Cn1ncc2c(O)cncc21. The molecule has 4 nitrogen and oxygen atoms in total. The summed E-state index contributed by atoms with van der Waals surface area (Å²) in [5, 5.41) is 14.0. The molecule has 0 saturated carbocycles. The molecule has 2 aromatic rings. The van der Waals surface area contributed by atoms with E-state index < -0.39 is 0 Å². The van der Waals surface area contributed by atoms with Gasteiger partial charge in [0.1, 0.15) is 5.75 Å². The smallest absolute Gasteiger partial charge is 0.144 e. The zero-order chi connectivity index (χ0) is 7.84. The lowest BCUT2D eigenvalue weighted by Crippen LogP contribution is -1.88. The Kier molecular flexibility index (Phi) is 1.09. The van der Waals surface area contributed by atoms with Gasteiger partial charge < -0.3 is 5.11 Å². The second kappa shape index (κ2) is 1.95. The van der Waals surface area contributed by atoms with E-state index in [1.165, 1.54) is 6.20 Å². The van der Waals surface area contributed by atoms with Gasteiger partial charge in [-0.05, 0) is 0 Å². The van der Waals surface area contributed by atoms with Crippen LogP contribution in [0.25, 0.3) is 10.9 Å². The van der Waals surface area contributed by atoms with Crippen LogP contribution in [0.2, 0.25) is 0 Å². The fraction of sp³-hybridized carbons (Fsp3) is 0.143. The summed E-state index contributed by atoms with van der Waals surface area (Å²) in [7, 11) is 1.81. The van der Waals surface area contributed by atoms with Crippen LogP contribution in [0, 0.1) is 0 Å². The van der Waals surface area contributed by atoms with Crippen molar-refractivity contribution in [3.05, 3.63) is 18.6 Å². The van der Waals surface area contributed by atoms with E-state index in [9.17, 15) is 5.11 Å². The van der Waals surface area contributed by atoms with Gasteiger partial charge >= 0.3 is 0 Å². The molecule has 2 aromatic heterocycles. The molecule has 56 valence electrons. The van der Waals surface area contributed by atoms with E-state index in [1.54, 1.807) is 17.1 Å². The fourth-order valence-corrected chi connectivity index (χ4v) is 1.05. The van der Waals surface area contributed by atoms with Gasteiger partial charge in [-0.15, -0.1) is 0 Å². The Bertz CT molecular complexity index is 393. The average Bonchev–Trinajstić information content (AvgIpc) is 2.35. The summed E-state index contributed by atoms with van der Waals surface area (Å²) in [5.41, 5.74) is 0.838. The highest BCUT2D eigenvalue weighted by atomic mass is 16.3. The Morgan fingerprint density at radius 1 is 1.36 bits per heavy atom. The van der Waals surface area contributed by atoms with Crippen molar-refractivity contribution < 1.29 is 5.11 Å². The molecule has 0 amide bonds. The monoisotopic (exact) mass is 149 g/mol. The van der Waals surface area contributed by atoms with Crippen molar-refractivity contribution in [2.75, 3.05) is 0 Å². The molecule has 0 saturated heterocycles. The van der Waals surface area contributed by atoms with Crippen LogP contribution in [0.15, 0.2) is 18.6 Å². The van der Waals surface area contributed by atoms with E-state index in [-0.39, 0.29) is 5.75 Å². The first-order valence-corrected chi connectivity index (χ1v) is 3.24. The largest absolute Gasteiger partial charge is 0.506 e. The number of rotatable bonds is 0. The highest BCUT2D eigenvalue weighted by molar-refractivity contribution is 5.83. The minimum Gasteiger partial charge on any atom is -0.506 e. The maximum atomic E-state index is 9.27. The molecule has 0 bridgehead atoms. The summed E-state index contributed by atoms with van der Waals surface area (Å²) < 4.78 is 1.67. The number of aromatic hydroxyl groups is 1. The third-order valence-electron chi connectivity index (χ3n) is 1.65. The van der Waals surface area contributed by atoms with Crippen molar-refractivity contribution in [3.63, 3.8) is 0 Å². The lowest BCUT2D eigenvalue weighted by Gasteiger charge is -1.93. The van der Waals surface area contributed by atoms with E-state index in [4.69, 9.17) is 0 Å². The van der Waals surface area contributed by atoms with Crippen molar-refractivity contribution in [1.29, 1.82) is 0 Å². The average molecular weight is 149 g/mol. The van der Waals surface area contributed by atoms with Gasteiger partial charge in [-0.1, -0.05) is 0 Å². The molecule has 4 heteroatoms. The van der Waals surface area contributed by atoms with Crippen LogP contribution in [-0.2, 0) is 7.05 Å². The van der Waals surface area contributed by atoms with Gasteiger partial charge in [0.2, 0.25) is 0 Å². The van der Waals surface area contributed by atoms with Crippen molar-refractivity contribution >= 4 is 10.9 Å². The Balaban J connectivity index is 2.94. The molecule has 11 heavy (non-hydrogen) atoms. The molecule has 0 unspecified atom stereocenters. The number of hydrogen-bond donors (Lipinski definition) is 1. The molecule has 0 radical (unpaired) electrons. The summed E-state index contributed by atoms with van der Waals surface area (Å²) in [5.74, 6) is 0.176. The van der Waals surface area contributed by atoms with E-state index in [2.05, 4.69) is 10.1 Å². The fourth-order valence-electron chi connectivity index (χ4n) is 1.05. The lowest BCUT2D eigenvalue weighted by atomic mass is 10.3. The Morgan fingerprint density at radius 2 is 2.18 bits per heavy atom. The first-order valence-electron chi connectivity index (χ1n) is 3.24. The van der Waals surface area contributed by atoms with Gasteiger partial charge in [0.25, 0.3) is 0 Å². The molecule has 0 spiro atoms. The van der Waals surface area contributed by atoms with E-state index in [1.807, 2.05) is 7.05 Å². The van der Waals surface area contributed by atoms with Crippen LogP contribution in [0.1, 0.15) is 0 Å². The minimum atomic E-state index is 0.176. The molecule has 0 fully saturated rings. The molecule has 2 rings (SSSR count). The Morgan fingerprint density at radius 3 is 2.91 bits per heavy atom. The second-order valence-electron chi connectivity index (χ2n) is 2.36. The van der Waals surface area contributed by atoms with Crippen LogP contribution >= 0.6 is 0 Å². The summed E-state index contributed by atoms with van der Waals surface area (Å²) in [6, 6.07) is 0. The first kappa shape index (κ1) is 6.15. The van der Waals surface area contributed by atoms with Crippen molar-refractivity contribution in [2.45, 2.75) is 0 Å². The van der Waals surface area contributed by atoms with Crippen LogP contribution < -0.4 is 0 Å². The number of fused-ring (bicyclic) bond motifs is 1. The van der Waals surface area contributed by atoms with Crippen LogP contribution in [0.3, 0.4) is 0 Å². The normalized spacial score (nSPS) is 10.6. The van der Waals surface area contributed by atoms with Gasteiger partial charge in [-0.3, -0.25) is 9.67 Å². The molecule has 0 aliphatic rings. The lowest BCUT2D eigenvalue weighted by molar-refractivity contribution is 0.479. The summed E-state index contributed by atoms with van der Waals surface area (Å²) in [4.78, 5) is 3.83. The Labute approximate surface area is 63.1 Å². The van der Waals surface area contributed by atoms with Crippen LogP contribution in [-0.4, -0.2) is 19.9 Å². The maximum Gasteiger partial charge on any atom is 0.144 e. The molecule has 0 atom stereocenters. The molecule has 2 heterocycles. The summed E-state index contributed by atoms with van der Waals surface area (Å²) >= 11 is 0. The highest BCUT2D eigenvalue weighted by Crippen LogP contribution is 2.20. The topological polar surface area (TPSA) is 50.9 Å². The molecule has 0 aromatic carbocycles. The van der Waals surface area contributed by atoms with Crippen molar-refractivity contribution in [3.8, 4) is 5.75 Å². The number of nitrogens with zero attached hydrogens (tertiary/aromatic N) is 3. The molecular formula is C7H7N3O. The summed E-state index contributed by atoms with van der Waals surface area (Å²) in [6.07, 6.45) is 4.69. The van der Waals surface area contributed by atoms with E-state index >= 15 is 0 Å². The summed E-state index contributed by atoms with van der Waals surface area (Å²) in [6.45, 7) is 0. The van der Waals surface area contributed by atoms with Crippen molar-refractivity contribution in [2.24, 2.45) is 7.05 Å². The Hall–Kier alpha value is -1.58. The highest BCUT2D eigenvalue weighted by Gasteiger charge is 2.02. The van der Waals surface area contributed by atoms with Crippen molar-refractivity contribution in [1.82, 2.24) is 14.8 Å². The maximum absolute atomic E-state index is 9.27. The number of aromatic nitrogens is 3. The third-order valence-corrected chi connectivity index (χ3v) is 1.65. The number of hydrogen-bond acceptors (Lipinski definition) is 3. The van der Waals surface area contributed by atoms with Gasteiger partial charge in [0.05, 0.1) is 29.5 Å². The van der Waals surface area contributed by atoms with Crippen LogP contribution in [0.5, 0.6) is 5.75 Å². The predicted molar refractivity (Wildman–Crippen MR) is 40.2 cm³/mol. The van der Waals surface area contributed by atoms with Gasteiger partial charge in [-0.2, -0.15) is 5.10 Å². The van der Waals surface area contributed by atoms with Gasteiger partial charge in [0.15, 0.2) is 0 Å². The first-order chi connectivity index (χ1) is 5.29. The zero-order valence-electron chi connectivity index (χ0n) is 6.02. The predicted octanol–water partition coefficient (Wildman–Crippen LogP) is 0.674. The zero-order valence-corrected chi connectivity index (χ0v) is 6.02. The molecule has 0 aliphatic heterocycles. The number of aryl methyl sites for hydroxylation is 1. The number of pyridine rings is 1. The second-order valence-corrected chi connectivity index (χ2v) is 2.36. The van der Waals surface area contributed by atoms with E-state index in [0.717, 1.165) is 10.9 Å².